The lowest BCUT2D eigenvalue weighted by atomic mass is 10.2. The van der Waals surface area contributed by atoms with Crippen LogP contribution in [0.4, 0.5) is 0 Å². The zero-order valence-electron chi connectivity index (χ0n) is 12.8. The Morgan fingerprint density at radius 3 is 3.00 bits per heavy atom. The highest BCUT2D eigenvalue weighted by Crippen LogP contribution is 2.39. The molecule has 1 fully saturated rings. The average molecular weight is 352 g/mol. The van der Waals surface area contributed by atoms with E-state index >= 15 is 0 Å². The Morgan fingerprint density at radius 2 is 2.12 bits per heavy atom. The van der Waals surface area contributed by atoms with E-state index < -0.39 is 0 Å². The molecule has 0 saturated heterocycles. The second-order valence-corrected chi connectivity index (χ2v) is 6.56. The van der Waals surface area contributed by atoms with E-state index in [2.05, 4.69) is 25.2 Å². The first-order chi connectivity index (χ1) is 12.3. The Hall–Kier alpha value is -3.00. The van der Waals surface area contributed by atoms with Crippen LogP contribution in [0.5, 0.6) is 0 Å². The summed E-state index contributed by atoms with van der Waals surface area (Å²) in [7, 11) is 0. The third kappa shape index (κ3) is 1.74. The molecule has 0 amide bonds. The van der Waals surface area contributed by atoms with Gasteiger partial charge in [0, 0.05) is 5.92 Å². The van der Waals surface area contributed by atoms with E-state index in [9.17, 15) is 0 Å². The normalized spacial score (nSPS) is 14.9. The second kappa shape index (κ2) is 4.54. The Labute approximate surface area is 145 Å². The molecule has 0 atom stereocenters. The molecular weight excluding hydrogens is 342 g/mol. The van der Waals surface area contributed by atoms with E-state index in [1.807, 2.05) is 22.6 Å². The smallest absolute Gasteiger partial charge is 0.280 e. The molecule has 6 rings (SSSR count). The zero-order chi connectivity index (χ0) is 16.5. The van der Waals surface area contributed by atoms with Crippen LogP contribution in [0.1, 0.15) is 24.6 Å². The molecule has 0 N–H and O–H groups in total. The van der Waals surface area contributed by atoms with Gasteiger partial charge in [-0.25, -0.2) is 9.97 Å². The summed E-state index contributed by atoms with van der Waals surface area (Å²) in [6.45, 7) is 0. The molecule has 4 aromatic heterocycles. The summed E-state index contributed by atoms with van der Waals surface area (Å²) in [5.41, 5.74) is 2.85. The third-order valence-electron chi connectivity index (χ3n) is 4.55. The van der Waals surface area contributed by atoms with Crippen molar-refractivity contribution in [2.75, 3.05) is 0 Å². The lowest BCUT2D eigenvalue weighted by Crippen LogP contribution is -1.99. The summed E-state index contributed by atoms with van der Waals surface area (Å²) >= 11 is 6.41. The first kappa shape index (κ1) is 13.3. The van der Waals surface area contributed by atoms with Gasteiger partial charge in [0.25, 0.3) is 5.89 Å². The van der Waals surface area contributed by atoms with Gasteiger partial charge in [-0.3, -0.25) is 4.40 Å². The number of imidazole rings is 1. The average Bonchev–Trinajstić information content (AvgIpc) is 3.03. The number of hydrogen-bond donors (Lipinski definition) is 0. The van der Waals surface area contributed by atoms with Crippen molar-refractivity contribution in [1.29, 1.82) is 0 Å². The molecule has 1 aliphatic carbocycles. The van der Waals surface area contributed by atoms with Crippen LogP contribution in [0.15, 0.2) is 35.4 Å². The number of fused-ring (bicyclic) bond motifs is 6. The fraction of sp³-hybridized carbons (Fsp3) is 0.188. The maximum atomic E-state index is 6.41. The standard InChI is InChI=1S/C16H10ClN7O/c17-9-2-1-3-10-11(9)14-18-6-20-24(14)16-12(19-7-23(10)16)15-21-13(22-25-15)8-4-5-8/h1-3,6-8H,4-5H2. The second-order valence-electron chi connectivity index (χ2n) is 6.15. The number of nitrogens with zero attached hydrogens (tertiary/aromatic N) is 7. The molecule has 1 aromatic carbocycles. The molecule has 0 aliphatic heterocycles. The summed E-state index contributed by atoms with van der Waals surface area (Å²) < 4.78 is 9.08. The zero-order valence-corrected chi connectivity index (χ0v) is 13.6. The Morgan fingerprint density at radius 1 is 1.20 bits per heavy atom. The van der Waals surface area contributed by atoms with E-state index in [0.29, 0.717) is 33.8 Å². The van der Waals surface area contributed by atoms with E-state index in [1.54, 1.807) is 10.8 Å². The van der Waals surface area contributed by atoms with Crippen LogP contribution < -0.4 is 0 Å². The number of benzene rings is 1. The van der Waals surface area contributed by atoms with Crippen LogP contribution in [0.25, 0.3) is 33.8 Å². The van der Waals surface area contributed by atoms with E-state index in [0.717, 1.165) is 29.6 Å². The third-order valence-corrected chi connectivity index (χ3v) is 4.87. The predicted molar refractivity (Wildman–Crippen MR) is 89.5 cm³/mol. The van der Waals surface area contributed by atoms with Crippen LogP contribution in [-0.4, -0.2) is 34.1 Å². The molecule has 5 aromatic rings. The molecule has 0 unspecified atom stereocenters. The summed E-state index contributed by atoms with van der Waals surface area (Å²) in [6.07, 6.45) is 5.43. The number of hydrogen-bond acceptors (Lipinski definition) is 6. The minimum absolute atomic E-state index is 0.391. The van der Waals surface area contributed by atoms with Gasteiger partial charge in [-0.05, 0) is 25.0 Å². The van der Waals surface area contributed by atoms with Crippen LogP contribution in [0.3, 0.4) is 0 Å². The molecule has 4 heterocycles. The maximum Gasteiger partial charge on any atom is 0.280 e. The van der Waals surface area contributed by atoms with Crippen molar-refractivity contribution in [2.24, 2.45) is 0 Å². The number of halogens is 1. The number of rotatable bonds is 2. The van der Waals surface area contributed by atoms with Crippen molar-refractivity contribution in [3.8, 4) is 11.6 Å². The predicted octanol–water partition coefficient (Wildman–Crippen LogP) is 3.11. The van der Waals surface area contributed by atoms with Gasteiger partial charge in [0.1, 0.15) is 12.7 Å². The highest BCUT2D eigenvalue weighted by Gasteiger charge is 2.30. The fourth-order valence-electron chi connectivity index (χ4n) is 3.21. The first-order valence-electron chi connectivity index (χ1n) is 7.92. The van der Waals surface area contributed by atoms with Gasteiger partial charge in [0.05, 0.1) is 15.9 Å². The lowest BCUT2D eigenvalue weighted by molar-refractivity contribution is 0.422. The topological polar surface area (TPSA) is 86.4 Å². The minimum Gasteiger partial charge on any atom is -0.332 e. The van der Waals surface area contributed by atoms with Gasteiger partial charge < -0.3 is 4.52 Å². The van der Waals surface area contributed by atoms with Crippen molar-refractivity contribution in [3.63, 3.8) is 0 Å². The maximum absolute atomic E-state index is 6.41. The van der Waals surface area contributed by atoms with Crippen molar-refractivity contribution in [2.45, 2.75) is 18.8 Å². The van der Waals surface area contributed by atoms with Gasteiger partial charge in [-0.2, -0.15) is 14.6 Å². The van der Waals surface area contributed by atoms with Crippen LogP contribution in [0.2, 0.25) is 5.02 Å². The van der Waals surface area contributed by atoms with Crippen molar-refractivity contribution in [3.05, 3.63) is 41.7 Å². The van der Waals surface area contributed by atoms with Crippen molar-refractivity contribution < 1.29 is 4.52 Å². The Kier molecular flexibility index (Phi) is 2.42. The van der Waals surface area contributed by atoms with E-state index in [4.69, 9.17) is 16.1 Å². The van der Waals surface area contributed by atoms with Crippen LogP contribution in [0, 0.1) is 0 Å². The summed E-state index contributed by atoms with van der Waals surface area (Å²) in [5.74, 6) is 1.55. The minimum atomic E-state index is 0.391. The van der Waals surface area contributed by atoms with Gasteiger partial charge in [0.2, 0.25) is 0 Å². The monoisotopic (exact) mass is 351 g/mol. The van der Waals surface area contributed by atoms with Gasteiger partial charge in [-0.15, -0.1) is 0 Å². The molecule has 0 radical (unpaired) electrons. The van der Waals surface area contributed by atoms with Crippen LogP contribution >= 0.6 is 11.6 Å². The molecule has 0 bridgehead atoms. The van der Waals surface area contributed by atoms with E-state index in [-0.39, 0.29) is 0 Å². The SMILES string of the molecule is Clc1cccc2c1c1ncnn1c1c(-c3nc(C4CC4)no3)ncn21. The van der Waals surface area contributed by atoms with E-state index in [1.165, 1.54) is 6.33 Å². The molecule has 122 valence electrons. The molecular formula is C16H10ClN7O. The lowest BCUT2D eigenvalue weighted by Gasteiger charge is -2.06. The molecule has 1 saturated carbocycles. The summed E-state index contributed by atoms with van der Waals surface area (Å²) in [4.78, 5) is 13.4. The van der Waals surface area contributed by atoms with Gasteiger partial charge >= 0.3 is 0 Å². The summed E-state index contributed by atoms with van der Waals surface area (Å²) in [6, 6.07) is 5.70. The molecule has 25 heavy (non-hydrogen) atoms. The quantitative estimate of drug-likeness (QED) is 0.485. The Bertz CT molecular complexity index is 1280. The molecule has 9 heteroatoms. The fourth-order valence-corrected chi connectivity index (χ4v) is 3.47. The largest absolute Gasteiger partial charge is 0.332 e. The summed E-state index contributed by atoms with van der Waals surface area (Å²) in [5, 5.41) is 9.86. The molecule has 1 aliphatic rings. The molecule has 8 nitrogen and oxygen atoms in total. The highest BCUT2D eigenvalue weighted by molar-refractivity contribution is 6.36. The molecule has 0 spiro atoms. The van der Waals surface area contributed by atoms with Crippen molar-refractivity contribution >= 4 is 33.8 Å². The van der Waals surface area contributed by atoms with Gasteiger partial charge in [0.15, 0.2) is 22.8 Å². The first-order valence-corrected chi connectivity index (χ1v) is 8.30. The van der Waals surface area contributed by atoms with Gasteiger partial charge in [-0.1, -0.05) is 22.8 Å². The highest BCUT2D eigenvalue weighted by atomic mass is 35.5. The van der Waals surface area contributed by atoms with Crippen LogP contribution in [-0.2, 0) is 0 Å². The van der Waals surface area contributed by atoms with Crippen molar-refractivity contribution in [1.82, 2.24) is 34.1 Å². The number of aromatic nitrogens is 7. The Balaban J connectivity index is 1.74.